The number of carbonyl (C=O) groups excluding carboxylic acids is 1. The number of ether oxygens (including phenoxy) is 1. The third kappa shape index (κ3) is 4.15. The highest BCUT2D eigenvalue weighted by atomic mass is 16.6. The molecule has 1 aliphatic rings. The van der Waals surface area contributed by atoms with E-state index in [0.29, 0.717) is 19.0 Å². The summed E-state index contributed by atoms with van der Waals surface area (Å²) in [5, 5.41) is 11.0. The van der Waals surface area contributed by atoms with Crippen LogP contribution in [-0.2, 0) is 4.79 Å². The van der Waals surface area contributed by atoms with Crippen LogP contribution in [0.2, 0.25) is 0 Å². The van der Waals surface area contributed by atoms with Gasteiger partial charge in [0.25, 0.3) is 5.91 Å². The Balaban J connectivity index is 1.53. The van der Waals surface area contributed by atoms with Crippen LogP contribution in [0.3, 0.4) is 0 Å². The van der Waals surface area contributed by atoms with Crippen molar-refractivity contribution in [1.29, 1.82) is 0 Å². The van der Waals surface area contributed by atoms with Crippen LogP contribution in [0.1, 0.15) is 24.3 Å². The molecule has 1 saturated heterocycles. The predicted octanol–water partition coefficient (Wildman–Crippen LogP) is 3.38. The lowest BCUT2D eigenvalue weighted by atomic mass is 9.89. The quantitative estimate of drug-likeness (QED) is 0.618. The van der Waals surface area contributed by atoms with Crippen LogP contribution in [0.5, 0.6) is 5.75 Å². The van der Waals surface area contributed by atoms with Crippen molar-refractivity contribution in [3.05, 3.63) is 70.3 Å². The SMILES string of the molecule is O=C(COc1ccccc1[N+](=O)[O-])N1CCC(c2ccccc2)CC1. The minimum absolute atomic E-state index is 0.125. The van der Waals surface area contributed by atoms with Gasteiger partial charge in [0.05, 0.1) is 4.92 Å². The minimum Gasteiger partial charge on any atom is -0.477 e. The molecule has 6 nitrogen and oxygen atoms in total. The lowest BCUT2D eigenvalue weighted by molar-refractivity contribution is -0.385. The molecule has 0 unspecified atom stereocenters. The number of likely N-dealkylation sites (tertiary alicyclic amines) is 1. The molecule has 1 heterocycles. The average Bonchev–Trinajstić information content (AvgIpc) is 2.67. The maximum Gasteiger partial charge on any atom is 0.310 e. The van der Waals surface area contributed by atoms with Crippen molar-refractivity contribution in [3.63, 3.8) is 0 Å². The zero-order chi connectivity index (χ0) is 17.6. The van der Waals surface area contributed by atoms with Gasteiger partial charge in [0.15, 0.2) is 12.4 Å². The predicted molar refractivity (Wildman–Crippen MR) is 93.6 cm³/mol. The maximum atomic E-state index is 12.3. The van der Waals surface area contributed by atoms with Crippen LogP contribution in [0, 0.1) is 10.1 Å². The molecule has 130 valence electrons. The highest BCUT2D eigenvalue weighted by Crippen LogP contribution is 2.28. The van der Waals surface area contributed by atoms with Gasteiger partial charge in [-0.1, -0.05) is 42.5 Å². The van der Waals surface area contributed by atoms with E-state index >= 15 is 0 Å². The Bertz CT molecular complexity index is 740. The Morgan fingerprint density at radius 3 is 2.40 bits per heavy atom. The Hall–Kier alpha value is -2.89. The normalized spacial score (nSPS) is 15.0. The summed E-state index contributed by atoms with van der Waals surface area (Å²) in [6.07, 6.45) is 1.84. The topological polar surface area (TPSA) is 72.7 Å². The van der Waals surface area contributed by atoms with Crippen LogP contribution in [0.15, 0.2) is 54.6 Å². The molecule has 1 aliphatic heterocycles. The Kier molecular flexibility index (Phi) is 5.28. The van der Waals surface area contributed by atoms with E-state index in [1.807, 2.05) is 18.2 Å². The molecule has 0 N–H and O–H groups in total. The van der Waals surface area contributed by atoms with E-state index in [2.05, 4.69) is 12.1 Å². The third-order valence-electron chi connectivity index (χ3n) is 4.53. The van der Waals surface area contributed by atoms with Gasteiger partial charge in [-0.2, -0.15) is 0 Å². The zero-order valence-corrected chi connectivity index (χ0v) is 13.8. The number of benzene rings is 2. The second-order valence-electron chi connectivity index (χ2n) is 6.08. The van der Waals surface area contributed by atoms with Crippen molar-refractivity contribution in [2.75, 3.05) is 19.7 Å². The van der Waals surface area contributed by atoms with Crippen molar-refractivity contribution in [3.8, 4) is 5.75 Å². The van der Waals surface area contributed by atoms with E-state index in [9.17, 15) is 14.9 Å². The van der Waals surface area contributed by atoms with Crippen molar-refractivity contribution in [2.24, 2.45) is 0 Å². The standard InChI is InChI=1S/C19H20N2O4/c22-19(14-25-18-9-5-4-8-17(18)21(23)24)20-12-10-16(11-13-20)15-6-2-1-3-7-15/h1-9,16H,10-14H2. The van der Waals surface area contributed by atoms with E-state index in [4.69, 9.17) is 4.74 Å². The number of amides is 1. The van der Waals surface area contributed by atoms with Crippen LogP contribution < -0.4 is 4.74 Å². The maximum absolute atomic E-state index is 12.3. The van der Waals surface area contributed by atoms with E-state index in [1.165, 1.54) is 17.7 Å². The number of nitro benzene ring substituents is 1. The first-order valence-corrected chi connectivity index (χ1v) is 8.34. The summed E-state index contributed by atoms with van der Waals surface area (Å²) in [7, 11) is 0. The number of carbonyl (C=O) groups is 1. The van der Waals surface area contributed by atoms with E-state index < -0.39 is 4.92 Å². The second-order valence-corrected chi connectivity index (χ2v) is 6.08. The molecule has 0 atom stereocenters. The molecule has 0 aromatic heterocycles. The van der Waals surface area contributed by atoms with Crippen molar-refractivity contribution >= 4 is 11.6 Å². The van der Waals surface area contributed by atoms with Crippen molar-refractivity contribution in [1.82, 2.24) is 4.90 Å². The molecular formula is C19H20N2O4. The molecule has 0 radical (unpaired) electrons. The van der Waals surface area contributed by atoms with E-state index in [-0.39, 0.29) is 24.0 Å². The molecule has 0 aliphatic carbocycles. The molecule has 0 bridgehead atoms. The van der Waals surface area contributed by atoms with E-state index in [1.54, 1.807) is 17.0 Å². The number of hydrogen-bond donors (Lipinski definition) is 0. The molecule has 6 heteroatoms. The van der Waals surface area contributed by atoms with Gasteiger partial charge in [0.1, 0.15) is 0 Å². The molecule has 0 spiro atoms. The average molecular weight is 340 g/mol. The van der Waals surface area contributed by atoms with Gasteiger partial charge in [-0.25, -0.2) is 0 Å². The van der Waals surface area contributed by atoms with Crippen LogP contribution in [0.4, 0.5) is 5.69 Å². The van der Waals surface area contributed by atoms with Crippen LogP contribution in [-0.4, -0.2) is 35.4 Å². The number of hydrogen-bond acceptors (Lipinski definition) is 4. The molecule has 2 aromatic rings. The van der Waals surface area contributed by atoms with E-state index in [0.717, 1.165) is 12.8 Å². The van der Waals surface area contributed by atoms with Gasteiger partial charge < -0.3 is 9.64 Å². The summed E-state index contributed by atoms with van der Waals surface area (Å²) in [6, 6.07) is 16.4. The van der Waals surface area contributed by atoms with Gasteiger partial charge >= 0.3 is 5.69 Å². The fourth-order valence-corrected chi connectivity index (χ4v) is 3.15. The molecular weight excluding hydrogens is 320 g/mol. The fourth-order valence-electron chi connectivity index (χ4n) is 3.15. The van der Waals surface area contributed by atoms with Gasteiger partial charge in [-0.15, -0.1) is 0 Å². The van der Waals surface area contributed by atoms with Crippen LogP contribution in [0.25, 0.3) is 0 Å². The van der Waals surface area contributed by atoms with Crippen molar-refractivity contribution in [2.45, 2.75) is 18.8 Å². The highest BCUT2D eigenvalue weighted by Gasteiger charge is 2.24. The largest absolute Gasteiger partial charge is 0.477 e. The fraction of sp³-hybridized carbons (Fsp3) is 0.316. The molecule has 3 rings (SSSR count). The number of nitrogens with zero attached hydrogens (tertiary/aromatic N) is 2. The number of nitro groups is 1. The molecule has 2 aromatic carbocycles. The minimum atomic E-state index is -0.509. The monoisotopic (exact) mass is 340 g/mol. The summed E-state index contributed by atoms with van der Waals surface area (Å²) >= 11 is 0. The van der Waals surface area contributed by atoms with Crippen LogP contribution >= 0.6 is 0 Å². The number of rotatable bonds is 5. The number of para-hydroxylation sites is 2. The van der Waals surface area contributed by atoms with Gasteiger partial charge in [-0.3, -0.25) is 14.9 Å². The smallest absolute Gasteiger partial charge is 0.310 e. The lowest BCUT2D eigenvalue weighted by Gasteiger charge is -2.32. The first-order valence-electron chi connectivity index (χ1n) is 8.34. The number of piperidine rings is 1. The zero-order valence-electron chi connectivity index (χ0n) is 13.8. The molecule has 1 fully saturated rings. The lowest BCUT2D eigenvalue weighted by Crippen LogP contribution is -2.40. The Morgan fingerprint density at radius 2 is 1.72 bits per heavy atom. The third-order valence-corrected chi connectivity index (χ3v) is 4.53. The summed E-state index contributed by atoms with van der Waals surface area (Å²) in [5.74, 6) is 0.464. The van der Waals surface area contributed by atoms with Gasteiger partial charge in [-0.05, 0) is 30.4 Å². The summed E-state index contributed by atoms with van der Waals surface area (Å²) in [6.45, 7) is 1.18. The van der Waals surface area contributed by atoms with Gasteiger partial charge in [0.2, 0.25) is 0 Å². The molecule has 1 amide bonds. The summed E-state index contributed by atoms with van der Waals surface area (Å²) in [5.41, 5.74) is 1.18. The van der Waals surface area contributed by atoms with Crippen molar-refractivity contribution < 1.29 is 14.5 Å². The summed E-state index contributed by atoms with van der Waals surface area (Å²) in [4.78, 5) is 24.6. The molecule has 0 saturated carbocycles. The Labute approximate surface area is 146 Å². The molecule has 25 heavy (non-hydrogen) atoms. The second kappa shape index (κ2) is 7.79. The Morgan fingerprint density at radius 1 is 1.08 bits per heavy atom. The first kappa shape index (κ1) is 17.0. The highest BCUT2D eigenvalue weighted by molar-refractivity contribution is 5.78. The van der Waals surface area contributed by atoms with Gasteiger partial charge in [0, 0.05) is 19.2 Å². The summed E-state index contributed by atoms with van der Waals surface area (Å²) < 4.78 is 5.39. The first-order chi connectivity index (χ1) is 12.1.